The standard InChI is InChI=1S/C28H30N6O6S/c1-3-30-27(37)33-23-18-9-11-34(24(18)32-15-31-23)25-21-20(39-28(2,40-21)17-7-5-4-6-8-17)19(38-25)14-29-13-16-10-12-41-22(16)26(35)36/h4-12,15,19-21,25,29H,3,13-14H2,1-2H3,(H,35,36)(H2,30,31,32,33,37). The van der Waals surface area contributed by atoms with Gasteiger partial charge in [0, 0.05) is 31.4 Å². The van der Waals surface area contributed by atoms with Crippen molar-refractivity contribution in [3.8, 4) is 0 Å². The molecular formula is C28H30N6O6S. The Hall–Kier alpha value is -3.88. The number of aromatic carboxylic acids is 1. The summed E-state index contributed by atoms with van der Waals surface area (Å²) in [6, 6.07) is 13.0. The molecule has 5 atom stereocenters. The van der Waals surface area contributed by atoms with Gasteiger partial charge in [0.25, 0.3) is 0 Å². The summed E-state index contributed by atoms with van der Waals surface area (Å²) in [6.45, 7) is 4.99. The Balaban J connectivity index is 1.28. The van der Waals surface area contributed by atoms with Crippen LogP contribution < -0.4 is 16.0 Å². The first-order chi connectivity index (χ1) is 19.9. The molecule has 41 heavy (non-hydrogen) atoms. The molecule has 2 saturated heterocycles. The number of thiophene rings is 1. The number of hydrogen-bond acceptors (Lipinski definition) is 9. The molecule has 1 aromatic carbocycles. The van der Waals surface area contributed by atoms with Crippen LogP contribution in [-0.2, 0) is 26.5 Å². The zero-order valence-electron chi connectivity index (χ0n) is 22.4. The monoisotopic (exact) mass is 578 g/mol. The van der Waals surface area contributed by atoms with Crippen molar-refractivity contribution in [2.75, 3.05) is 18.4 Å². The number of nitrogens with one attached hydrogen (secondary N) is 3. The number of rotatable bonds is 9. The predicted octanol–water partition coefficient (Wildman–Crippen LogP) is 3.68. The van der Waals surface area contributed by atoms with Crippen molar-refractivity contribution < 1.29 is 28.9 Å². The van der Waals surface area contributed by atoms with Gasteiger partial charge in [-0.15, -0.1) is 11.3 Å². The summed E-state index contributed by atoms with van der Waals surface area (Å²) in [5.41, 5.74) is 2.18. The quantitative estimate of drug-likeness (QED) is 0.233. The number of benzene rings is 1. The Morgan fingerprint density at radius 2 is 1.93 bits per heavy atom. The van der Waals surface area contributed by atoms with Crippen molar-refractivity contribution in [2.45, 2.75) is 50.7 Å². The maximum atomic E-state index is 12.2. The number of carbonyl (C=O) groups is 2. The minimum absolute atomic E-state index is 0.313. The molecule has 5 unspecified atom stereocenters. The van der Waals surface area contributed by atoms with E-state index < -0.39 is 36.3 Å². The third-order valence-corrected chi connectivity index (χ3v) is 8.20. The van der Waals surface area contributed by atoms with Gasteiger partial charge in [0.15, 0.2) is 12.0 Å². The number of carboxylic acid groups (broad SMARTS) is 1. The lowest BCUT2D eigenvalue weighted by Gasteiger charge is -2.28. The lowest BCUT2D eigenvalue weighted by Crippen LogP contribution is -2.37. The number of hydrogen-bond donors (Lipinski definition) is 4. The fourth-order valence-electron chi connectivity index (χ4n) is 5.39. The van der Waals surface area contributed by atoms with Crippen LogP contribution >= 0.6 is 11.3 Å². The van der Waals surface area contributed by atoms with Gasteiger partial charge in [-0.3, -0.25) is 5.32 Å². The minimum atomic E-state index is -0.996. The summed E-state index contributed by atoms with van der Waals surface area (Å²) in [7, 11) is 0. The molecule has 5 heterocycles. The van der Waals surface area contributed by atoms with Crippen molar-refractivity contribution in [1.82, 2.24) is 25.2 Å². The molecule has 3 aromatic heterocycles. The van der Waals surface area contributed by atoms with Gasteiger partial charge >= 0.3 is 12.0 Å². The lowest BCUT2D eigenvalue weighted by atomic mass is 10.1. The van der Waals surface area contributed by atoms with Crippen LogP contribution in [-0.4, -0.2) is 63.0 Å². The van der Waals surface area contributed by atoms with E-state index >= 15 is 0 Å². The number of carboxylic acids is 1. The molecule has 4 N–H and O–H groups in total. The van der Waals surface area contributed by atoms with Gasteiger partial charge < -0.3 is 34.5 Å². The SMILES string of the molecule is CCNC(=O)Nc1ncnc2c1ccn2C1OC(CNCc2ccsc2C(=O)O)C2OC(C)(c3ccccc3)OC21. The molecule has 214 valence electrons. The van der Waals surface area contributed by atoms with Crippen LogP contribution in [0.5, 0.6) is 0 Å². The molecule has 2 aliphatic heterocycles. The average molecular weight is 579 g/mol. The van der Waals surface area contributed by atoms with Crippen molar-refractivity contribution in [3.05, 3.63) is 76.4 Å². The van der Waals surface area contributed by atoms with Gasteiger partial charge in [0.05, 0.1) is 5.39 Å². The fourth-order valence-corrected chi connectivity index (χ4v) is 6.15. The van der Waals surface area contributed by atoms with E-state index in [1.807, 2.05) is 67.1 Å². The number of carbonyl (C=O) groups excluding carboxylic acids is 1. The fraction of sp³-hybridized carbons (Fsp3) is 0.357. The Morgan fingerprint density at radius 1 is 1.12 bits per heavy atom. The molecule has 0 radical (unpaired) electrons. The third-order valence-electron chi connectivity index (χ3n) is 7.26. The average Bonchev–Trinajstić information content (AvgIpc) is 3.74. The lowest BCUT2D eigenvalue weighted by molar-refractivity contribution is -0.213. The van der Waals surface area contributed by atoms with E-state index in [1.54, 1.807) is 5.38 Å². The first-order valence-corrected chi connectivity index (χ1v) is 14.2. The molecule has 2 amide bonds. The van der Waals surface area contributed by atoms with Crippen LogP contribution in [0, 0.1) is 0 Å². The highest BCUT2D eigenvalue weighted by Crippen LogP contribution is 2.47. The largest absolute Gasteiger partial charge is 0.477 e. The van der Waals surface area contributed by atoms with Gasteiger partial charge in [0.1, 0.15) is 41.0 Å². The molecule has 0 spiro atoms. The van der Waals surface area contributed by atoms with Crippen molar-refractivity contribution in [1.29, 1.82) is 0 Å². The molecule has 2 aliphatic rings. The summed E-state index contributed by atoms with van der Waals surface area (Å²) in [5.74, 6) is -1.55. The van der Waals surface area contributed by atoms with Crippen molar-refractivity contribution >= 4 is 40.2 Å². The summed E-state index contributed by atoms with van der Waals surface area (Å²) in [5, 5.41) is 20.7. The smallest absolute Gasteiger partial charge is 0.346 e. The molecule has 4 aromatic rings. The predicted molar refractivity (Wildman–Crippen MR) is 151 cm³/mol. The van der Waals surface area contributed by atoms with Crippen LogP contribution in [0.25, 0.3) is 11.0 Å². The third kappa shape index (κ3) is 5.18. The molecule has 12 nitrogen and oxygen atoms in total. The van der Waals surface area contributed by atoms with Gasteiger partial charge in [0.2, 0.25) is 0 Å². The second-order valence-corrected chi connectivity index (χ2v) is 10.8. The summed E-state index contributed by atoms with van der Waals surface area (Å²) in [4.78, 5) is 32.8. The summed E-state index contributed by atoms with van der Waals surface area (Å²) < 4.78 is 21.6. The second-order valence-electron chi connectivity index (χ2n) is 9.92. The Labute approximate surface area is 239 Å². The second kappa shape index (κ2) is 11.2. The van der Waals surface area contributed by atoms with Crippen molar-refractivity contribution in [2.24, 2.45) is 0 Å². The minimum Gasteiger partial charge on any atom is -0.477 e. The highest BCUT2D eigenvalue weighted by molar-refractivity contribution is 7.12. The number of nitrogens with zero attached hydrogens (tertiary/aromatic N) is 3. The summed E-state index contributed by atoms with van der Waals surface area (Å²) in [6.07, 6.45) is 1.34. The maximum Gasteiger partial charge on any atom is 0.346 e. The molecule has 0 saturated carbocycles. The summed E-state index contributed by atoms with van der Waals surface area (Å²) >= 11 is 1.20. The first-order valence-electron chi connectivity index (χ1n) is 13.3. The number of aromatic nitrogens is 3. The number of urea groups is 1. The normalized spacial score (nSPS) is 25.3. The molecule has 0 aliphatic carbocycles. The molecular weight excluding hydrogens is 548 g/mol. The highest BCUT2D eigenvalue weighted by Gasteiger charge is 2.57. The Kier molecular flexibility index (Phi) is 7.45. The van der Waals surface area contributed by atoms with Gasteiger partial charge in [-0.25, -0.2) is 19.6 Å². The van der Waals surface area contributed by atoms with Crippen LogP contribution in [0.1, 0.15) is 40.9 Å². The molecule has 13 heteroatoms. The van der Waals surface area contributed by atoms with Gasteiger partial charge in [-0.1, -0.05) is 30.3 Å². The number of fused-ring (bicyclic) bond motifs is 2. The molecule has 0 bridgehead atoms. The van der Waals surface area contributed by atoms with Crippen molar-refractivity contribution in [3.63, 3.8) is 0 Å². The topological polar surface area (TPSA) is 149 Å². The zero-order valence-corrected chi connectivity index (χ0v) is 23.3. The highest BCUT2D eigenvalue weighted by atomic mass is 32.1. The van der Waals surface area contributed by atoms with E-state index in [4.69, 9.17) is 14.2 Å². The number of ether oxygens (including phenoxy) is 3. The first kappa shape index (κ1) is 27.3. The van der Waals surface area contributed by atoms with E-state index in [1.165, 1.54) is 17.7 Å². The maximum absolute atomic E-state index is 12.2. The zero-order chi connectivity index (χ0) is 28.6. The van der Waals surface area contributed by atoms with Crippen LogP contribution in [0.15, 0.2) is 60.4 Å². The van der Waals surface area contributed by atoms with E-state index in [0.717, 1.165) is 5.56 Å². The van der Waals surface area contributed by atoms with Crippen LogP contribution in [0.2, 0.25) is 0 Å². The van der Waals surface area contributed by atoms with Crippen LogP contribution in [0.4, 0.5) is 10.6 Å². The van der Waals surface area contributed by atoms with Crippen LogP contribution in [0.3, 0.4) is 0 Å². The molecule has 6 rings (SSSR count). The van der Waals surface area contributed by atoms with E-state index in [2.05, 4.69) is 25.9 Å². The Bertz CT molecular complexity index is 1560. The van der Waals surface area contributed by atoms with E-state index in [-0.39, 0.29) is 6.03 Å². The van der Waals surface area contributed by atoms with Gasteiger partial charge in [-0.05, 0) is 36.9 Å². The van der Waals surface area contributed by atoms with Gasteiger partial charge in [-0.2, -0.15) is 0 Å². The number of anilines is 1. The Morgan fingerprint density at radius 3 is 2.71 bits per heavy atom. The van der Waals surface area contributed by atoms with E-state index in [9.17, 15) is 14.7 Å². The molecule has 2 fully saturated rings. The van der Waals surface area contributed by atoms with E-state index in [0.29, 0.717) is 46.9 Å². The number of amides is 2.